The standard InChI is InChI=1S/C22H25N3O4/c1-15-18-4-3-17(27-2)13-20(18)29-21(15)22(26)24-14-19(16-5-7-23-8-6-16)25-9-11-28-12-10-25/h3-8,13,19H,9-12,14H2,1-2H3,(H,24,26). The SMILES string of the molecule is COc1ccc2c(C)c(C(=O)NCC(c3ccncc3)N3CCOCC3)oc2c1. The van der Waals surface area contributed by atoms with Gasteiger partial charge in [-0.2, -0.15) is 0 Å². The second-order valence-corrected chi connectivity index (χ2v) is 7.07. The lowest BCUT2D eigenvalue weighted by molar-refractivity contribution is 0.0161. The van der Waals surface area contributed by atoms with Gasteiger partial charge in [-0.1, -0.05) is 0 Å². The van der Waals surface area contributed by atoms with Crippen LogP contribution in [0.4, 0.5) is 0 Å². The summed E-state index contributed by atoms with van der Waals surface area (Å²) in [5.74, 6) is 0.817. The number of hydrogen-bond acceptors (Lipinski definition) is 6. The van der Waals surface area contributed by atoms with Gasteiger partial charge in [0.1, 0.15) is 11.3 Å². The van der Waals surface area contributed by atoms with Crippen molar-refractivity contribution in [2.45, 2.75) is 13.0 Å². The molecule has 1 saturated heterocycles. The van der Waals surface area contributed by atoms with Gasteiger partial charge in [0.25, 0.3) is 5.91 Å². The Morgan fingerprint density at radius 2 is 2.00 bits per heavy atom. The summed E-state index contributed by atoms with van der Waals surface area (Å²) in [6, 6.07) is 9.61. The predicted octanol–water partition coefficient (Wildman–Crippen LogP) is 2.95. The molecule has 1 amide bonds. The van der Waals surface area contributed by atoms with Crippen molar-refractivity contribution < 1.29 is 18.7 Å². The van der Waals surface area contributed by atoms with E-state index in [1.54, 1.807) is 25.6 Å². The minimum absolute atomic E-state index is 0.0515. The minimum atomic E-state index is -0.218. The monoisotopic (exact) mass is 395 g/mol. The fourth-order valence-electron chi connectivity index (χ4n) is 3.75. The number of carbonyl (C=O) groups excluding carboxylic acids is 1. The molecule has 29 heavy (non-hydrogen) atoms. The van der Waals surface area contributed by atoms with Crippen LogP contribution in [-0.4, -0.2) is 55.7 Å². The molecule has 7 heteroatoms. The summed E-state index contributed by atoms with van der Waals surface area (Å²) in [6.45, 7) is 5.41. The van der Waals surface area contributed by atoms with E-state index in [0.29, 0.717) is 36.9 Å². The third-order valence-corrected chi connectivity index (χ3v) is 5.38. The topological polar surface area (TPSA) is 76.8 Å². The van der Waals surface area contributed by atoms with Crippen molar-refractivity contribution in [2.75, 3.05) is 40.0 Å². The van der Waals surface area contributed by atoms with Gasteiger partial charge in [-0.3, -0.25) is 14.7 Å². The highest BCUT2D eigenvalue weighted by Crippen LogP contribution is 2.29. The summed E-state index contributed by atoms with van der Waals surface area (Å²) < 4.78 is 16.6. The van der Waals surface area contributed by atoms with Crippen LogP contribution >= 0.6 is 0 Å². The van der Waals surface area contributed by atoms with Crippen molar-refractivity contribution in [2.24, 2.45) is 0 Å². The molecule has 1 fully saturated rings. The highest BCUT2D eigenvalue weighted by atomic mass is 16.5. The number of amides is 1. The first-order valence-corrected chi connectivity index (χ1v) is 9.74. The van der Waals surface area contributed by atoms with Crippen LogP contribution in [0, 0.1) is 6.92 Å². The van der Waals surface area contributed by atoms with Gasteiger partial charge in [-0.15, -0.1) is 0 Å². The molecule has 0 bridgehead atoms. The summed E-state index contributed by atoms with van der Waals surface area (Å²) >= 11 is 0. The third-order valence-electron chi connectivity index (χ3n) is 5.38. The maximum atomic E-state index is 12.9. The number of aromatic nitrogens is 1. The molecule has 4 rings (SSSR count). The molecular weight excluding hydrogens is 370 g/mol. The van der Waals surface area contributed by atoms with Crippen molar-refractivity contribution in [1.82, 2.24) is 15.2 Å². The first kappa shape index (κ1) is 19.4. The lowest BCUT2D eigenvalue weighted by Crippen LogP contribution is -2.43. The highest BCUT2D eigenvalue weighted by molar-refractivity contribution is 5.99. The van der Waals surface area contributed by atoms with Crippen LogP contribution in [-0.2, 0) is 4.74 Å². The normalized spacial score (nSPS) is 15.9. The van der Waals surface area contributed by atoms with Crippen LogP contribution < -0.4 is 10.1 Å². The van der Waals surface area contributed by atoms with Crippen molar-refractivity contribution >= 4 is 16.9 Å². The number of hydrogen-bond donors (Lipinski definition) is 1. The zero-order chi connectivity index (χ0) is 20.2. The molecule has 0 aliphatic carbocycles. The van der Waals surface area contributed by atoms with E-state index in [1.807, 2.05) is 31.2 Å². The number of ether oxygens (including phenoxy) is 2. The number of nitrogens with one attached hydrogen (secondary N) is 1. The van der Waals surface area contributed by atoms with E-state index in [4.69, 9.17) is 13.9 Å². The lowest BCUT2D eigenvalue weighted by Gasteiger charge is -2.34. The smallest absolute Gasteiger partial charge is 0.287 e. The molecule has 3 heterocycles. The predicted molar refractivity (Wildman–Crippen MR) is 109 cm³/mol. The van der Waals surface area contributed by atoms with Crippen LogP contribution in [0.1, 0.15) is 27.7 Å². The molecule has 0 saturated carbocycles. The number of pyridine rings is 1. The Morgan fingerprint density at radius 1 is 1.24 bits per heavy atom. The van der Waals surface area contributed by atoms with Crippen LogP contribution in [0.25, 0.3) is 11.0 Å². The zero-order valence-corrected chi connectivity index (χ0v) is 16.7. The Labute approximate surface area is 169 Å². The molecule has 1 aliphatic heterocycles. The van der Waals surface area contributed by atoms with Crippen molar-refractivity contribution in [1.29, 1.82) is 0 Å². The van der Waals surface area contributed by atoms with Crippen LogP contribution in [0.2, 0.25) is 0 Å². The molecular formula is C22H25N3O4. The molecule has 3 aromatic rings. The quantitative estimate of drug-likeness (QED) is 0.692. The van der Waals surface area contributed by atoms with Gasteiger partial charge in [-0.05, 0) is 36.8 Å². The fraction of sp³-hybridized carbons (Fsp3) is 0.364. The van der Waals surface area contributed by atoms with E-state index in [1.165, 1.54) is 0 Å². The zero-order valence-electron chi connectivity index (χ0n) is 16.7. The van der Waals surface area contributed by atoms with Gasteiger partial charge in [0.05, 0.1) is 26.4 Å². The minimum Gasteiger partial charge on any atom is -0.497 e. The second-order valence-electron chi connectivity index (χ2n) is 7.07. The summed E-state index contributed by atoms with van der Waals surface area (Å²) in [7, 11) is 1.61. The van der Waals surface area contributed by atoms with Gasteiger partial charge in [-0.25, -0.2) is 0 Å². The summed E-state index contributed by atoms with van der Waals surface area (Å²) in [4.78, 5) is 19.4. The average molecular weight is 395 g/mol. The number of aryl methyl sites for hydroxylation is 1. The molecule has 152 valence electrons. The molecule has 0 spiro atoms. The number of furan rings is 1. The summed E-state index contributed by atoms with van der Waals surface area (Å²) in [6.07, 6.45) is 3.56. The Morgan fingerprint density at radius 3 is 2.72 bits per heavy atom. The fourth-order valence-corrected chi connectivity index (χ4v) is 3.75. The maximum absolute atomic E-state index is 12.9. The van der Waals surface area contributed by atoms with Gasteiger partial charge in [0.2, 0.25) is 0 Å². The molecule has 2 aromatic heterocycles. The molecule has 1 atom stereocenters. The van der Waals surface area contributed by atoms with Gasteiger partial charge in [0, 0.05) is 49.0 Å². The van der Waals surface area contributed by atoms with E-state index in [9.17, 15) is 4.79 Å². The summed E-state index contributed by atoms with van der Waals surface area (Å²) in [5, 5.41) is 3.97. The molecule has 1 unspecified atom stereocenters. The van der Waals surface area contributed by atoms with Crippen molar-refractivity contribution in [3.8, 4) is 5.75 Å². The first-order valence-electron chi connectivity index (χ1n) is 9.74. The number of methoxy groups -OCH3 is 1. The molecule has 1 N–H and O–H groups in total. The molecule has 0 radical (unpaired) electrons. The lowest BCUT2D eigenvalue weighted by atomic mass is 10.1. The van der Waals surface area contributed by atoms with E-state index in [-0.39, 0.29) is 11.9 Å². The average Bonchev–Trinajstić information content (AvgIpc) is 3.11. The number of nitrogens with zero attached hydrogens (tertiary/aromatic N) is 2. The van der Waals surface area contributed by atoms with Gasteiger partial charge >= 0.3 is 0 Å². The Hall–Kier alpha value is -2.90. The largest absolute Gasteiger partial charge is 0.497 e. The first-order chi connectivity index (χ1) is 14.2. The number of fused-ring (bicyclic) bond motifs is 1. The van der Waals surface area contributed by atoms with E-state index in [0.717, 1.165) is 29.6 Å². The van der Waals surface area contributed by atoms with Gasteiger partial charge < -0.3 is 19.2 Å². The molecule has 1 aliphatic rings. The van der Waals surface area contributed by atoms with Crippen LogP contribution in [0.3, 0.4) is 0 Å². The highest BCUT2D eigenvalue weighted by Gasteiger charge is 2.25. The summed E-state index contributed by atoms with van der Waals surface area (Å²) in [5.41, 5.74) is 2.59. The Kier molecular flexibility index (Phi) is 5.78. The number of morpholine rings is 1. The van der Waals surface area contributed by atoms with Crippen molar-refractivity contribution in [3.05, 3.63) is 59.6 Å². The number of rotatable bonds is 6. The van der Waals surface area contributed by atoms with Crippen LogP contribution in [0.5, 0.6) is 5.75 Å². The van der Waals surface area contributed by atoms with E-state index in [2.05, 4.69) is 15.2 Å². The van der Waals surface area contributed by atoms with Crippen LogP contribution in [0.15, 0.2) is 47.1 Å². The molecule has 7 nitrogen and oxygen atoms in total. The Balaban J connectivity index is 1.53. The van der Waals surface area contributed by atoms with E-state index < -0.39 is 0 Å². The van der Waals surface area contributed by atoms with E-state index >= 15 is 0 Å². The second kappa shape index (κ2) is 8.63. The van der Waals surface area contributed by atoms with Gasteiger partial charge in [0.15, 0.2) is 5.76 Å². The maximum Gasteiger partial charge on any atom is 0.287 e. The van der Waals surface area contributed by atoms with Crippen molar-refractivity contribution in [3.63, 3.8) is 0 Å². The number of carbonyl (C=O) groups is 1. The third kappa shape index (κ3) is 4.11. The molecule has 1 aromatic carbocycles. The Bertz CT molecular complexity index is 980. The number of benzene rings is 1.